The first kappa shape index (κ1) is 12.5. The molecule has 1 amide bonds. The van der Waals surface area contributed by atoms with E-state index in [0.29, 0.717) is 12.5 Å². The van der Waals surface area contributed by atoms with Crippen LogP contribution in [-0.4, -0.2) is 36.4 Å². The molecular formula is C12H19N3OS. The lowest BCUT2D eigenvalue weighted by molar-refractivity contribution is -0.127. The van der Waals surface area contributed by atoms with Gasteiger partial charge in [0.25, 0.3) is 0 Å². The van der Waals surface area contributed by atoms with Gasteiger partial charge in [0.15, 0.2) is 0 Å². The molecule has 0 spiro atoms. The van der Waals surface area contributed by atoms with E-state index < -0.39 is 0 Å². The van der Waals surface area contributed by atoms with E-state index in [9.17, 15) is 4.79 Å². The summed E-state index contributed by atoms with van der Waals surface area (Å²) >= 11 is 1.73. The lowest BCUT2D eigenvalue weighted by atomic mass is 10.2. The zero-order chi connectivity index (χ0) is 12.4. The standard InChI is InChI=1S/C12H19N3OS/c1-8-6-14-12(17-8)11(9-4-5-9)13-7-10(16)15(2)3/h6,9,11,13H,4-5,7H2,1-3H3/t11-/m1/s1. The van der Waals surface area contributed by atoms with E-state index in [-0.39, 0.29) is 11.9 Å². The van der Waals surface area contributed by atoms with Gasteiger partial charge in [0.05, 0.1) is 12.6 Å². The van der Waals surface area contributed by atoms with Gasteiger partial charge >= 0.3 is 0 Å². The molecule has 1 fully saturated rings. The molecule has 4 nitrogen and oxygen atoms in total. The van der Waals surface area contributed by atoms with Crippen LogP contribution >= 0.6 is 11.3 Å². The maximum Gasteiger partial charge on any atom is 0.236 e. The normalized spacial score (nSPS) is 16.9. The van der Waals surface area contributed by atoms with Crippen LogP contribution in [0.4, 0.5) is 0 Å². The first-order chi connectivity index (χ1) is 8.08. The molecule has 0 aromatic carbocycles. The number of aromatic nitrogens is 1. The Morgan fingerprint density at radius 1 is 1.65 bits per heavy atom. The molecule has 5 heteroatoms. The van der Waals surface area contributed by atoms with E-state index in [2.05, 4.69) is 17.2 Å². The van der Waals surface area contributed by atoms with Crippen LogP contribution in [0, 0.1) is 12.8 Å². The molecule has 1 aromatic rings. The molecule has 0 saturated heterocycles. The van der Waals surface area contributed by atoms with Gasteiger partial charge in [-0.1, -0.05) is 0 Å². The van der Waals surface area contributed by atoms with Crippen molar-refractivity contribution in [2.45, 2.75) is 25.8 Å². The SMILES string of the molecule is Cc1cnc([C@H](NCC(=O)N(C)C)C2CC2)s1. The van der Waals surface area contributed by atoms with Crippen molar-refractivity contribution in [3.63, 3.8) is 0 Å². The Kier molecular flexibility index (Phi) is 3.79. The Morgan fingerprint density at radius 2 is 2.35 bits per heavy atom. The molecule has 94 valence electrons. The average Bonchev–Trinajstić information content (AvgIpc) is 3.02. The van der Waals surface area contributed by atoms with E-state index in [1.54, 1.807) is 30.3 Å². The van der Waals surface area contributed by atoms with Gasteiger partial charge in [0.2, 0.25) is 5.91 Å². The van der Waals surface area contributed by atoms with Crippen molar-refractivity contribution in [2.75, 3.05) is 20.6 Å². The summed E-state index contributed by atoms with van der Waals surface area (Å²) in [7, 11) is 3.56. The van der Waals surface area contributed by atoms with Crippen LogP contribution < -0.4 is 5.32 Å². The van der Waals surface area contributed by atoms with E-state index in [1.807, 2.05) is 6.20 Å². The highest BCUT2D eigenvalue weighted by atomic mass is 32.1. The summed E-state index contributed by atoms with van der Waals surface area (Å²) in [5, 5.41) is 4.47. The Bertz CT molecular complexity index is 398. The Labute approximate surface area is 106 Å². The first-order valence-corrected chi connectivity index (χ1v) is 6.75. The summed E-state index contributed by atoms with van der Waals surface area (Å²) in [5.41, 5.74) is 0. The van der Waals surface area contributed by atoms with Crippen LogP contribution in [0.1, 0.15) is 28.8 Å². The van der Waals surface area contributed by atoms with Gasteiger partial charge in [-0.15, -0.1) is 11.3 Å². The second-order valence-electron chi connectivity index (χ2n) is 4.79. The number of hydrogen-bond acceptors (Lipinski definition) is 4. The number of thiazole rings is 1. The van der Waals surface area contributed by atoms with Crippen molar-refractivity contribution < 1.29 is 4.79 Å². The zero-order valence-electron chi connectivity index (χ0n) is 10.6. The third kappa shape index (κ3) is 3.26. The molecule has 0 aliphatic heterocycles. The van der Waals surface area contributed by atoms with Gasteiger partial charge < -0.3 is 4.90 Å². The van der Waals surface area contributed by atoms with E-state index >= 15 is 0 Å². The molecule has 1 aromatic heterocycles. The number of rotatable bonds is 5. The number of likely N-dealkylation sites (N-methyl/N-ethyl adjacent to an activating group) is 1. The minimum Gasteiger partial charge on any atom is -0.348 e. The predicted octanol–water partition coefficient (Wildman–Crippen LogP) is 1.58. The number of carbonyl (C=O) groups is 1. The molecule has 1 aliphatic carbocycles. The van der Waals surface area contributed by atoms with Gasteiger partial charge in [-0.2, -0.15) is 0 Å². The van der Waals surface area contributed by atoms with Gasteiger partial charge in [-0.25, -0.2) is 4.98 Å². The fourth-order valence-corrected chi connectivity index (χ4v) is 2.70. The third-order valence-corrected chi connectivity index (χ3v) is 3.97. The lowest BCUT2D eigenvalue weighted by Crippen LogP contribution is -2.35. The highest BCUT2D eigenvalue weighted by Gasteiger charge is 2.34. The van der Waals surface area contributed by atoms with Crippen LogP contribution in [0.2, 0.25) is 0 Å². The molecule has 1 heterocycles. The molecule has 2 rings (SSSR count). The minimum atomic E-state index is 0.115. The van der Waals surface area contributed by atoms with E-state index in [1.165, 1.54) is 17.7 Å². The highest BCUT2D eigenvalue weighted by Crippen LogP contribution is 2.41. The summed E-state index contributed by atoms with van der Waals surface area (Å²) in [4.78, 5) is 18.8. The fourth-order valence-electron chi connectivity index (χ4n) is 1.76. The van der Waals surface area contributed by atoms with Crippen molar-refractivity contribution in [1.29, 1.82) is 0 Å². The average molecular weight is 253 g/mol. The molecule has 0 unspecified atom stereocenters. The molecular weight excluding hydrogens is 234 g/mol. The van der Waals surface area contributed by atoms with Crippen LogP contribution in [0.15, 0.2) is 6.20 Å². The molecule has 1 saturated carbocycles. The molecule has 1 aliphatic rings. The second-order valence-corrected chi connectivity index (χ2v) is 6.06. The Morgan fingerprint density at radius 3 is 2.82 bits per heavy atom. The molecule has 1 atom stereocenters. The van der Waals surface area contributed by atoms with Crippen LogP contribution in [-0.2, 0) is 4.79 Å². The predicted molar refractivity (Wildman–Crippen MR) is 69.0 cm³/mol. The Balaban J connectivity index is 1.96. The summed E-state index contributed by atoms with van der Waals surface area (Å²) in [6.07, 6.45) is 4.39. The maximum atomic E-state index is 11.6. The largest absolute Gasteiger partial charge is 0.348 e. The number of hydrogen-bond donors (Lipinski definition) is 1. The monoisotopic (exact) mass is 253 g/mol. The molecule has 1 N–H and O–H groups in total. The first-order valence-electron chi connectivity index (χ1n) is 5.94. The number of aryl methyl sites for hydroxylation is 1. The van der Waals surface area contributed by atoms with E-state index in [0.717, 1.165) is 5.01 Å². The van der Waals surface area contributed by atoms with Crippen molar-refractivity contribution in [1.82, 2.24) is 15.2 Å². The summed E-state index contributed by atoms with van der Waals surface area (Å²) in [6, 6.07) is 0.262. The smallest absolute Gasteiger partial charge is 0.236 e. The molecule has 0 bridgehead atoms. The minimum absolute atomic E-state index is 0.115. The molecule has 0 radical (unpaired) electrons. The quantitative estimate of drug-likeness (QED) is 0.866. The van der Waals surface area contributed by atoms with Crippen molar-refractivity contribution in [2.24, 2.45) is 5.92 Å². The zero-order valence-corrected chi connectivity index (χ0v) is 11.4. The van der Waals surface area contributed by atoms with E-state index in [4.69, 9.17) is 0 Å². The van der Waals surface area contributed by atoms with Crippen molar-refractivity contribution in [3.05, 3.63) is 16.1 Å². The van der Waals surface area contributed by atoms with Crippen LogP contribution in [0.25, 0.3) is 0 Å². The number of nitrogens with one attached hydrogen (secondary N) is 1. The summed E-state index contributed by atoms with van der Waals surface area (Å²) < 4.78 is 0. The van der Waals surface area contributed by atoms with Crippen LogP contribution in [0.3, 0.4) is 0 Å². The number of amides is 1. The maximum absolute atomic E-state index is 11.6. The van der Waals surface area contributed by atoms with Crippen LogP contribution in [0.5, 0.6) is 0 Å². The topological polar surface area (TPSA) is 45.2 Å². The second kappa shape index (κ2) is 5.14. The highest BCUT2D eigenvalue weighted by molar-refractivity contribution is 7.11. The van der Waals surface area contributed by atoms with Crippen molar-refractivity contribution >= 4 is 17.2 Å². The summed E-state index contributed by atoms with van der Waals surface area (Å²) in [5.74, 6) is 0.777. The van der Waals surface area contributed by atoms with Gasteiger partial charge in [-0.05, 0) is 25.7 Å². The fraction of sp³-hybridized carbons (Fsp3) is 0.667. The van der Waals surface area contributed by atoms with Crippen molar-refractivity contribution in [3.8, 4) is 0 Å². The lowest BCUT2D eigenvalue weighted by Gasteiger charge is -2.17. The molecule has 17 heavy (non-hydrogen) atoms. The number of carbonyl (C=O) groups excluding carboxylic acids is 1. The van der Waals surface area contributed by atoms with Gasteiger partial charge in [0.1, 0.15) is 5.01 Å². The number of nitrogens with zero attached hydrogens (tertiary/aromatic N) is 2. The third-order valence-electron chi connectivity index (χ3n) is 2.97. The summed E-state index contributed by atoms with van der Waals surface area (Å²) in [6.45, 7) is 2.46. The van der Waals surface area contributed by atoms with Gasteiger partial charge in [0, 0.05) is 25.2 Å². The van der Waals surface area contributed by atoms with Gasteiger partial charge in [-0.3, -0.25) is 10.1 Å². The Hall–Kier alpha value is -0.940.